The van der Waals surface area contributed by atoms with Crippen molar-refractivity contribution in [2.75, 3.05) is 11.1 Å². The van der Waals surface area contributed by atoms with Gasteiger partial charge in [-0.1, -0.05) is 54.2 Å². The lowest BCUT2D eigenvalue weighted by Gasteiger charge is -2.25. The molecule has 2 heterocycles. The lowest BCUT2D eigenvalue weighted by molar-refractivity contribution is -0.124. The number of hydrogen-bond acceptors (Lipinski definition) is 5. The van der Waals surface area contributed by atoms with Crippen LogP contribution in [0.5, 0.6) is 0 Å². The van der Waals surface area contributed by atoms with Crippen LogP contribution in [0.2, 0.25) is 0 Å². The summed E-state index contributed by atoms with van der Waals surface area (Å²) in [7, 11) is 0. The molecule has 0 aliphatic carbocycles. The van der Waals surface area contributed by atoms with Crippen LogP contribution in [0, 0.1) is 11.6 Å². The van der Waals surface area contributed by atoms with Gasteiger partial charge < -0.3 is 5.32 Å². The van der Waals surface area contributed by atoms with Gasteiger partial charge in [0.2, 0.25) is 5.91 Å². The molecule has 33 heavy (non-hydrogen) atoms. The maximum atomic E-state index is 13.8. The molecule has 0 aromatic heterocycles. The first kappa shape index (κ1) is 21.0. The van der Waals surface area contributed by atoms with Gasteiger partial charge in [0.25, 0.3) is 5.91 Å². The van der Waals surface area contributed by atoms with Crippen LogP contribution in [-0.4, -0.2) is 33.5 Å². The van der Waals surface area contributed by atoms with Crippen molar-refractivity contribution < 1.29 is 18.4 Å². The van der Waals surface area contributed by atoms with E-state index in [1.807, 2.05) is 48.5 Å². The molecule has 1 N–H and O–H groups in total. The van der Waals surface area contributed by atoms with Crippen molar-refractivity contribution in [2.24, 2.45) is 9.98 Å². The molecule has 0 spiro atoms. The molecule has 5 rings (SSSR count). The number of benzene rings is 3. The molecule has 3 aromatic rings. The summed E-state index contributed by atoms with van der Waals surface area (Å²) in [6.45, 7) is 0. The molecular weight excluding hydrogens is 446 g/mol. The first-order chi connectivity index (χ1) is 16.0. The van der Waals surface area contributed by atoms with Gasteiger partial charge in [-0.15, -0.1) is 0 Å². The lowest BCUT2D eigenvalue weighted by atomic mass is 10.1. The molecule has 6 nitrogen and oxygen atoms in total. The number of amidine groups is 2. The van der Waals surface area contributed by atoms with Crippen molar-refractivity contribution in [1.82, 2.24) is 4.90 Å². The molecule has 3 aromatic carbocycles. The second-order valence-corrected chi connectivity index (χ2v) is 8.25. The summed E-state index contributed by atoms with van der Waals surface area (Å²) in [5.41, 5.74) is 1.86. The number of carbonyl (C=O) groups excluding carboxylic acids is 2. The monoisotopic (exact) mass is 462 g/mol. The quantitative estimate of drug-likeness (QED) is 0.613. The van der Waals surface area contributed by atoms with Gasteiger partial charge in [-0.2, -0.15) is 0 Å². The van der Waals surface area contributed by atoms with Gasteiger partial charge in [-0.3, -0.25) is 9.59 Å². The number of nitrogens with one attached hydrogen (secondary N) is 1. The van der Waals surface area contributed by atoms with E-state index < -0.39 is 23.6 Å². The van der Waals surface area contributed by atoms with E-state index in [0.717, 1.165) is 41.1 Å². The molecule has 0 saturated carbocycles. The molecule has 0 radical (unpaired) electrons. The Morgan fingerprint density at radius 1 is 1.03 bits per heavy atom. The number of halogens is 2. The van der Waals surface area contributed by atoms with E-state index >= 15 is 0 Å². The molecule has 1 atom stereocenters. The molecule has 0 fully saturated rings. The normalized spacial score (nSPS) is 16.6. The number of nitrogens with zero attached hydrogens (tertiary/aromatic N) is 3. The number of amides is 2. The summed E-state index contributed by atoms with van der Waals surface area (Å²) in [6, 6.07) is 18.6. The highest BCUT2D eigenvalue weighted by molar-refractivity contribution is 8.14. The minimum atomic E-state index is -0.742. The van der Waals surface area contributed by atoms with Crippen LogP contribution < -0.4 is 5.32 Å². The van der Waals surface area contributed by atoms with E-state index in [1.165, 1.54) is 4.90 Å². The van der Waals surface area contributed by atoms with Gasteiger partial charge in [0.1, 0.15) is 17.5 Å². The van der Waals surface area contributed by atoms with Crippen molar-refractivity contribution in [1.29, 1.82) is 0 Å². The fourth-order valence-electron chi connectivity index (χ4n) is 3.61. The van der Waals surface area contributed by atoms with E-state index in [0.29, 0.717) is 16.7 Å². The summed E-state index contributed by atoms with van der Waals surface area (Å²) < 4.78 is 27.2. The minimum absolute atomic E-state index is 0.163. The molecule has 164 valence electrons. The van der Waals surface area contributed by atoms with Crippen LogP contribution in [0.15, 0.2) is 82.8 Å². The molecule has 9 heteroatoms. The summed E-state index contributed by atoms with van der Waals surface area (Å²) in [5.74, 6) is -1.93. The molecule has 2 aliphatic heterocycles. The summed E-state index contributed by atoms with van der Waals surface area (Å²) in [4.78, 5) is 36.4. The maximum Gasteiger partial charge on any atom is 0.263 e. The van der Waals surface area contributed by atoms with E-state index in [2.05, 4.69) is 15.3 Å². The highest BCUT2D eigenvalue weighted by Crippen LogP contribution is 2.37. The first-order valence-electron chi connectivity index (χ1n) is 10.0. The second kappa shape index (κ2) is 8.59. The van der Waals surface area contributed by atoms with Crippen LogP contribution in [0.1, 0.15) is 17.2 Å². The topological polar surface area (TPSA) is 74.1 Å². The Balaban J connectivity index is 1.40. The zero-order valence-corrected chi connectivity index (χ0v) is 17.9. The summed E-state index contributed by atoms with van der Waals surface area (Å²) >= 11 is 1.02. The number of anilines is 1. The Hall–Kier alpha value is -3.85. The van der Waals surface area contributed by atoms with E-state index in [4.69, 9.17) is 0 Å². The smallest absolute Gasteiger partial charge is 0.263 e. The highest BCUT2D eigenvalue weighted by atomic mass is 32.2. The van der Waals surface area contributed by atoms with E-state index in [9.17, 15) is 18.4 Å². The Morgan fingerprint density at radius 3 is 2.61 bits per heavy atom. The van der Waals surface area contributed by atoms with Gasteiger partial charge in [0.05, 0.1) is 17.1 Å². The number of rotatable bonds is 4. The van der Waals surface area contributed by atoms with Gasteiger partial charge in [0.15, 0.2) is 11.2 Å². The zero-order chi connectivity index (χ0) is 22.9. The fraction of sp³-hybridized carbons (Fsp3) is 0.0833. The fourth-order valence-corrected chi connectivity index (χ4v) is 4.41. The average molecular weight is 462 g/mol. The van der Waals surface area contributed by atoms with Crippen LogP contribution in [0.4, 0.5) is 20.2 Å². The van der Waals surface area contributed by atoms with Crippen molar-refractivity contribution in [3.05, 3.63) is 95.6 Å². The Bertz CT molecular complexity index is 1330. The minimum Gasteiger partial charge on any atom is -0.323 e. The van der Waals surface area contributed by atoms with Gasteiger partial charge >= 0.3 is 0 Å². The van der Waals surface area contributed by atoms with Crippen molar-refractivity contribution in [3.8, 4) is 0 Å². The number of fused-ring (bicyclic) bond motifs is 3. The lowest BCUT2D eigenvalue weighted by Crippen LogP contribution is -2.40. The van der Waals surface area contributed by atoms with E-state index in [-0.39, 0.29) is 17.3 Å². The largest absolute Gasteiger partial charge is 0.323 e. The molecule has 2 amide bonds. The van der Waals surface area contributed by atoms with Crippen LogP contribution in [0.25, 0.3) is 0 Å². The predicted octanol–water partition coefficient (Wildman–Crippen LogP) is 4.67. The van der Waals surface area contributed by atoms with Gasteiger partial charge in [-0.05, 0) is 29.8 Å². The predicted molar refractivity (Wildman–Crippen MR) is 124 cm³/mol. The van der Waals surface area contributed by atoms with Crippen molar-refractivity contribution in [2.45, 2.75) is 6.04 Å². The number of thioether (sulfide) groups is 1. The van der Waals surface area contributed by atoms with Crippen LogP contribution in [-0.2, 0) is 9.59 Å². The zero-order valence-electron chi connectivity index (χ0n) is 17.0. The van der Waals surface area contributed by atoms with Crippen molar-refractivity contribution >= 4 is 46.0 Å². The molecule has 0 unspecified atom stereocenters. The van der Waals surface area contributed by atoms with E-state index in [1.54, 1.807) is 6.07 Å². The molecular formula is C24H16F2N4O2S. The first-order valence-corrected chi connectivity index (χ1v) is 11.0. The Labute approximate surface area is 192 Å². The van der Waals surface area contributed by atoms with Crippen LogP contribution >= 0.6 is 11.8 Å². The Morgan fingerprint density at radius 2 is 1.79 bits per heavy atom. The van der Waals surface area contributed by atoms with Gasteiger partial charge in [0, 0.05) is 11.6 Å². The molecule has 0 bridgehead atoms. The Kier molecular flexibility index (Phi) is 5.47. The average Bonchev–Trinajstić information content (AvgIpc) is 3.18. The standard InChI is InChI=1S/C24H16F2N4O2S/c25-15-10-11-17(26)19(12-15)27-20(31)13-33-24-28-18-9-5-4-8-16(18)22-29-21(23(32)30(22)24)14-6-2-1-3-7-14/h1-12,21H,13H2,(H,27,31)/t21-/m0/s1. The SMILES string of the molecule is O=C(CSC1=Nc2ccccc2C2=N[C@@H](c3ccccc3)C(=O)N12)Nc1cc(F)ccc1F. The second-order valence-electron chi connectivity index (χ2n) is 7.31. The maximum absolute atomic E-state index is 13.8. The summed E-state index contributed by atoms with van der Waals surface area (Å²) in [5, 5.41) is 2.65. The number of hydrogen-bond donors (Lipinski definition) is 1. The van der Waals surface area contributed by atoms with Crippen molar-refractivity contribution in [3.63, 3.8) is 0 Å². The molecule has 0 saturated heterocycles. The van der Waals surface area contributed by atoms with Crippen LogP contribution in [0.3, 0.4) is 0 Å². The number of aliphatic imine (C=N–C) groups is 2. The third kappa shape index (κ3) is 4.03. The van der Waals surface area contributed by atoms with Gasteiger partial charge in [-0.25, -0.2) is 23.7 Å². The third-order valence-electron chi connectivity index (χ3n) is 5.12. The summed E-state index contributed by atoms with van der Waals surface area (Å²) in [6.07, 6.45) is 0. The molecule has 2 aliphatic rings. The number of para-hydroxylation sites is 1. The third-order valence-corrected chi connectivity index (χ3v) is 6.06. The number of carbonyl (C=O) groups is 2. The highest BCUT2D eigenvalue weighted by Gasteiger charge is 2.42.